The van der Waals surface area contributed by atoms with Crippen molar-refractivity contribution < 1.29 is 0 Å². The van der Waals surface area contributed by atoms with E-state index in [1.807, 2.05) is 37.3 Å². The fourth-order valence-electron chi connectivity index (χ4n) is 3.92. The lowest BCUT2D eigenvalue weighted by molar-refractivity contribution is 1.24. The Morgan fingerprint density at radius 1 is 0.606 bits per heavy atom. The lowest BCUT2D eigenvalue weighted by Crippen LogP contribution is -2.28. The van der Waals surface area contributed by atoms with Crippen LogP contribution in [0.25, 0.3) is 0 Å². The summed E-state index contributed by atoms with van der Waals surface area (Å²) in [4.78, 5) is 0. The normalized spacial score (nSPS) is 12.3. The number of benzene rings is 4. The Kier molecular flexibility index (Phi) is 7.29. The summed E-state index contributed by atoms with van der Waals surface area (Å²) in [5.74, 6) is 2.32. The summed E-state index contributed by atoms with van der Waals surface area (Å²) in [6.07, 6.45) is 1.75. The second kappa shape index (κ2) is 10.7. The van der Waals surface area contributed by atoms with Gasteiger partial charge in [-0.05, 0) is 41.6 Å². The molecule has 0 radical (unpaired) electrons. The van der Waals surface area contributed by atoms with Gasteiger partial charge < -0.3 is 0 Å². The van der Waals surface area contributed by atoms with E-state index < -0.39 is 6.89 Å². The second-order valence-corrected chi connectivity index (χ2v) is 10.9. The van der Waals surface area contributed by atoms with Crippen molar-refractivity contribution in [3.63, 3.8) is 0 Å². The van der Waals surface area contributed by atoms with E-state index in [1.54, 1.807) is 6.08 Å². The van der Waals surface area contributed by atoms with Crippen LogP contribution >= 0.6 is 6.89 Å². The number of rotatable bonds is 7. The lowest BCUT2D eigenvalue weighted by atomic mass is 10.1. The summed E-state index contributed by atoms with van der Waals surface area (Å²) in [6, 6.07) is 42.2. The molecule has 0 atom stereocenters. The van der Waals surface area contributed by atoms with Crippen molar-refractivity contribution in [1.82, 2.24) is 0 Å². The molecule has 0 fully saturated rings. The summed E-state index contributed by atoms with van der Waals surface area (Å²) in [5.41, 5.74) is 2.63. The van der Waals surface area contributed by atoms with E-state index in [-0.39, 0.29) is 0 Å². The average Bonchev–Trinajstić information content (AvgIpc) is 2.90. The van der Waals surface area contributed by atoms with Gasteiger partial charge >= 0.3 is 0 Å². The highest BCUT2D eigenvalue weighted by molar-refractivity contribution is 7.95. The van der Waals surface area contributed by atoms with Gasteiger partial charge in [0.05, 0.1) is 11.4 Å². The predicted molar refractivity (Wildman–Crippen MR) is 147 cm³/mol. The minimum absolute atomic E-state index is 0.756. The Morgan fingerprint density at radius 3 is 1.39 bits per heavy atom. The van der Waals surface area contributed by atoms with Gasteiger partial charge in [-0.3, -0.25) is 0 Å². The molecule has 4 aromatic carbocycles. The van der Waals surface area contributed by atoms with E-state index in [9.17, 15) is 0 Å². The molecular formula is C30H27N2P. The average molecular weight is 447 g/mol. The first-order valence-electron chi connectivity index (χ1n) is 11.0. The van der Waals surface area contributed by atoms with Crippen molar-refractivity contribution in [2.24, 2.45) is 10.2 Å². The number of hydrogen-bond donors (Lipinski definition) is 0. The highest BCUT2D eigenvalue weighted by atomic mass is 31.2. The summed E-state index contributed by atoms with van der Waals surface area (Å²) in [6.45, 7) is 3.86. The Bertz CT molecular complexity index is 1200. The third-order valence-electron chi connectivity index (χ3n) is 5.45. The minimum Gasteiger partial charge on any atom is -0.155 e. The molecule has 0 unspecified atom stereocenters. The number of hydrogen-bond acceptors (Lipinski definition) is 2. The topological polar surface area (TPSA) is 24.7 Å². The van der Waals surface area contributed by atoms with Crippen LogP contribution in [0.2, 0.25) is 0 Å². The SMILES string of the molecule is C=C/C(=N\N=C(\C)C=P(c1ccccc1)(c1ccccc1)c1ccccc1)c1ccccc1. The molecule has 0 saturated carbocycles. The molecule has 0 aliphatic heterocycles. The van der Waals surface area contributed by atoms with Gasteiger partial charge in [0.2, 0.25) is 0 Å². The van der Waals surface area contributed by atoms with E-state index in [2.05, 4.69) is 114 Å². The first-order valence-corrected chi connectivity index (χ1v) is 12.8. The third-order valence-corrected chi connectivity index (χ3v) is 9.55. The first kappa shape index (κ1) is 22.5. The van der Waals surface area contributed by atoms with Crippen LogP contribution in [0.15, 0.2) is 144 Å². The summed E-state index contributed by atoms with van der Waals surface area (Å²) in [5, 5.41) is 13.0. The van der Waals surface area contributed by atoms with Gasteiger partial charge in [0.1, 0.15) is 0 Å². The maximum atomic E-state index is 4.64. The zero-order valence-electron chi connectivity index (χ0n) is 18.8. The lowest BCUT2D eigenvalue weighted by Gasteiger charge is -2.28. The van der Waals surface area contributed by atoms with Crippen molar-refractivity contribution in [2.75, 3.05) is 0 Å². The van der Waals surface area contributed by atoms with Crippen LogP contribution in [0.3, 0.4) is 0 Å². The fraction of sp³-hybridized carbons (Fsp3) is 0.0333. The summed E-state index contributed by atoms with van der Waals surface area (Å²) >= 11 is 0. The molecule has 4 rings (SSSR count). The zero-order chi connectivity index (χ0) is 22.9. The molecular weight excluding hydrogens is 419 g/mol. The molecule has 0 aliphatic rings. The third kappa shape index (κ3) is 5.03. The second-order valence-electron chi connectivity index (χ2n) is 7.66. The maximum absolute atomic E-state index is 4.64. The largest absolute Gasteiger partial charge is 0.155 e. The fourth-order valence-corrected chi connectivity index (χ4v) is 7.81. The van der Waals surface area contributed by atoms with E-state index in [4.69, 9.17) is 0 Å². The predicted octanol–water partition coefficient (Wildman–Crippen LogP) is 5.83. The van der Waals surface area contributed by atoms with Crippen molar-refractivity contribution in [1.29, 1.82) is 0 Å². The molecule has 0 amide bonds. The molecule has 0 spiro atoms. The van der Waals surface area contributed by atoms with Crippen LogP contribution in [0.1, 0.15) is 12.5 Å². The van der Waals surface area contributed by atoms with E-state index >= 15 is 0 Å². The molecule has 0 heterocycles. The van der Waals surface area contributed by atoms with E-state index in [1.165, 1.54) is 15.9 Å². The minimum atomic E-state index is -2.10. The van der Waals surface area contributed by atoms with Crippen LogP contribution in [-0.4, -0.2) is 17.2 Å². The Labute approximate surface area is 196 Å². The molecule has 0 aromatic heterocycles. The molecule has 0 bridgehead atoms. The Balaban J connectivity index is 1.96. The summed E-state index contributed by atoms with van der Waals surface area (Å²) in [7, 11) is 0. The molecule has 2 nitrogen and oxygen atoms in total. The van der Waals surface area contributed by atoms with Gasteiger partial charge in [-0.15, -0.1) is 0 Å². The van der Waals surface area contributed by atoms with Gasteiger partial charge in [-0.2, -0.15) is 10.2 Å². The molecule has 162 valence electrons. The van der Waals surface area contributed by atoms with Crippen LogP contribution in [0.4, 0.5) is 0 Å². The van der Waals surface area contributed by atoms with Gasteiger partial charge in [0.25, 0.3) is 0 Å². The van der Waals surface area contributed by atoms with E-state index in [0.29, 0.717) is 0 Å². The Morgan fingerprint density at radius 2 is 1.00 bits per heavy atom. The maximum Gasteiger partial charge on any atom is 0.0923 e. The van der Waals surface area contributed by atoms with E-state index in [0.717, 1.165) is 17.0 Å². The van der Waals surface area contributed by atoms with Crippen LogP contribution in [0.5, 0.6) is 0 Å². The highest BCUT2D eigenvalue weighted by Crippen LogP contribution is 2.43. The molecule has 33 heavy (non-hydrogen) atoms. The standard InChI is InChI=1S/C30H27N2P/c1-3-30(26-16-8-4-9-17-26)32-31-25(2)24-33(27-18-10-5-11-19-27,28-20-12-6-13-21-28)29-22-14-7-15-23-29/h3-24H,1H2,2H3/b31-25-,32-30+. The van der Waals surface area contributed by atoms with Gasteiger partial charge in [-0.1, -0.05) is 128 Å². The van der Waals surface area contributed by atoms with Gasteiger partial charge in [0.15, 0.2) is 0 Å². The molecule has 0 aliphatic carbocycles. The van der Waals surface area contributed by atoms with Crippen LogP contribution in [0, 0.1) is 0 Å². The molecule has 3 heteroatoms. The van der Waals surface area contributed by atoms with Crippen molar-refractivity contribution >= 4 is 40.0 Å². The smallest absolute Gasteiger partial charge is 0.0923 e. The van der Waals surface area contributed by atoms with Crippen molar-refractivity contribution in [2.45, 2.75) is 6.92 Å². The first-order chi connectivity index (χ1) is 16.2. The van der Waals surface area contributed by atoms with Crippen molar-refractivity contribution in [3.8, 4) is 0 Å². The van der Waals surface area contributed by atoms with Crippen LogP contribution < -0.4 is 15.9 Å². The number of allylic oxidation sites excluding steroid dienone is 1. The monoisotopic (exact) mass is 446 g/mol. The zero-order valence-corrected chi connectivity index (χ0v) is 19.6. The quantitative estimate of drug-likeness (QED) is 0.194. The Hall–Kier alpha value is -3.74. The molecule has 4 aromatic rings. The van der Waals surface area contributed by atoms with Crippen LogP contribution in [-0.2, 0) is 0 Å². The van der Waals surface area contributed by atoms with Gasteiger partial charge in [-0.25, -0.2) is 0 Å². The summed E-state index contributed by atoms with van der Waals surface area (Å²) < 4.78 is 0. The molecule has 0 saturated heterocycles. The molecule has 0 N–H and O–H groups in total. The number of nitrogens with zero attached hydrogens (tertiary/aromatic N) is 2. The highest BCUT2D eigenvalue weighted by Gasteiger charge is 2.25. The van der Waals surface area contributed by atoms with Crippen molar-refractivity contribution in [3.05, 3.63) is 140 Å². The van der Waals surface area contributed by atoms with Gasteiger partial charge in [0, 0.05) is 5.56 Å².